The summed E-state index contributed by atoms with van der Waals surface area (Å²) < 4.78 is 20.1. The van der Waals surface area contributed by atoms with E-state index in [1.807, 2.05) is 31.2 Å². The molecular weight excluding hydrogens is 309 g/mol. The zero-order valence-corrected chi connectivity index (χ0v) is 12.2. The molecule has 0 radical (unpaired) electrons. The first-order chi connectivity index (χ1) is 9.08. The zero-order valence-electron chi connectivity index (χ0n) is 10.6. The van der Waals surface area contributed by atoms with E-state index < -0.39 is 0 Å². The first-order valence-corrected chi connectivity index (χ1v) is 6.78. The molecule has 4 heteroatoms. The Balaban J connectivity index is 2.14. The minimum absolute atomic E-state index is 0.119. The molecule has 1 atom stereocenters. The molecule has 2 N–H and O–H groups in total. The van der Waals surface area contributed by atoms with E-state index in [0.29, 0.717) is 15.8 Å². The number of para-hydroxylation sites is 1. The third kappa shape index (κ3) is 3.55. The van der Waals surface area contributed by atoms with Gasteiger partial charge in [0.1, 0.15) is 18.2 Å². The highest BCUT2D eigenvalue weighted by molar-refractivity contribution is 9.10. The van der Waals surface area contributed by atoms with E-state index in [4.69, 9.17) is 10.5 Å². The average Bonchev–Trinajstić information content (AvgIpc) is 2.38. The average molecular weight is 324 g/mol. The largest absolute Gasteiger partial charge is 0.488 e. The fourth-order valence-electron chi connectivity index (χ4n) is 1.78. The molecule has 0 bridgehead atoms. The number of halogens is 2. The molecule has 2 aromatic carbocycles. The molecule has 0 unspecified atom stereocenters. The van der Waals surface area contributed by atoms with E-state index in [-0.39, 0.29) is 18.5 Å². The van der Waals surface area contributed by atoms with Crippen molar-refractivity contribution in [1.82, 2.24) is 0 Å². The van der Waals surface area contributed by atoms with Crippen LogP contribution < -0.4 is 10.5 Å². The van der Waals surface area contributed by atoms with Gasteiger partial charge in [-0.1, -0.05) is 40.2 Å². The Labute approximate surface area is 120 Å². The Hall–Kier alpha value is -1.39. The molecular formula is C15H15BrFNO. The Morgan fingerprint density at radius 1 is 1.26 bits per heavy atom. The molecule has 0 aliphatic rings. The van der Waals surface area contributed by atoms with Crippen LogP contribution in [0.1, 0.15) is 24.1 Å². The summed E-state index contributed by atoms with van der Waals surface area (Å²) in [7, 11) is 0. The molecule has 0 aliphatic heterocycles. The summed E-state index contributed by atoms with van der Waals surface area (Å²) in [6.45, 7) is 2.07. The van der Waals surface area contributed by atoms with E-state index in [9.17, 15) is 4.39 Å². The smallest absolute Gasteiger partial charge is 0.130 e. The van der Waals surface area contributed by atoms with Gasteiger partial charge in [0.05, 0.1) is 0 Å². The van der Waals surface area contributed by atoms with E-state index in [1.165, 1.54) is 6.07 Å². The molecule has 0 fully saturated rings. The molecule has 2 nitrogen and oxygen atoms in total. The summed E-state index contributed by atoms with van der Waals surface area (Å²) in [4.78, 5) is 0. The highest BCUT2D eigenvalue weighted by atomic mass is 79.9. The number of nitrogens with two attached hydrogens (primary N) is 1. The topological polar surface area (TPSA) is 35.2 Å². The summed E-state index contributed by atoms with van der Waals surface area (Å²) >= 11 is 3.23. The normalized spacial score (nSPS) is 12.2. The van der Waals surface area contributed by atoms with Gasteiger partial charge in [0.25, 0.3) is 0 Å². The highest BCUT2D eigenvalue weighted by Gasteiger charge is 2.09. The second-order valence-electron chi connectivity index (χ2n) is 4.35. The summed E-state index contributed by atoms with van der Waals surface area (Å²) in [6, 6.07) is 12.3. The maximum atomic E-state index is 13.7. The zero-order chi connectivity index (χ0) is 13.8. The Kier molecular flexibility index (Phi) is 4.56. The summed E-state index contributed by atoms with van der Waals surface area (Å²) in [6.07, 6.45) is 0. The van der Waals surface area contributed by atoms with Crippen LogP contribution in [0.3, 0.4) is 0 Å². The van der Waals surface area contributed by atoms with Crippen LogP contribution in [0.25, 0.3) is 0 Å². The van der Waals surface area contributed by atoms with Gasteiger partial charge < -0.3 is 10.5 Å². The number of hydrogen-bond acceptors (Lipinski definition) is 2. The monoisotopic (exact) mass is 323 g/mol. The first kappa shape index (κ1) is 14.0. The van der Waals surface area contributed by atoms with E-state index in [0.717, 1.165) is 5.56 Å². The minimum Gasteiger partial charge on any atom is -0.488 e. The van der Waals surface area contributed by atoms with Crippen LogP contribution in [-0.2, 0) is 6.61 Å². The lowest BCUT2D eigenvalue weighted by Gasteiger charge is -2.14. The maximum absolute atomic E-state index is 13.7. The minimum atomic E-state index is -0.285. The lowest BCUT2D eigenvalue weighted by atomic mass is 10.1. The fraction of sp³-hybridized carbons (Fsp3) is 0.200. The summed E-state index contributed by atoms with van der Waals surface area (Å²) in [5, 5.41) is 0. The molecule has 0 spiro atoms. The van der Waals surface area contributed by atoms with Gasteiger partial charge >= 0.3 is 0 Å². The lowest BCUT2D eigenvalue weighted by Crippen LogP contribution is -2.08. The third-order valence-electron chi connectivity index (χ3n) is 2.81. The Morgan fingerprint density at radius 3 is 2.68 bits per heavy atom. The summed E-state index contributed by atoms with van der Waals surface area (Å²) in [5.41, 5.74) is 7.31. The van der Waals surface area contributed by atoms with Crippen LogP contribution in [0.5, 0.6) is 5.75 Å². The molecule has 0 saturated carbocycles. The molecule has 0 heterocycles. The van der Waals surface area contributed by atoms with Crippen molar-refractivity contribution >= 4 is 15.9 Å². The highest BCUT2D eigenvalue weighted by Crippen LogP contribution is 2.25. The first-order valence-electron chi connectivity index (χ1n) is 5.99. The van der Waals surface area contributed by atoms with Crippen molar-refractivity contribution in [2.45, 2.75) is 19.6 Å². The van der Waals surface area contributed by atoms with Gasteiger partial charge in [-0.3, -0.25) is 0 Å². The number of benzene rings is 2. The Bertz CT molecular complexity index is 572. The van der Waals surface area contributed by atoms with Crippen LogP contribution in [0.15, 0.2) is 46.9 Å². The molecule has 19 heavy (non-hydrogen) atoms. The van der Waals surface area contributed by atoms with Gasteiger partial charge in [-0.15, -0.1) is 0 Å². The van der Waals surface area contributed by atoms with Gasteiger partial charge in [-0.2, -0.15) is 0 Å². The molecule has 100 valence electrons. The SMILES string of the molecule is C[C@@H](N)c1ccccc1OCc1ccc(Br)cc1F. The molecule has 2 rings (SSSR count). The molecule has 2 aromatic rings. The van der Waals surface area contributed by atoms with Gasteiger partial charge in [0.15, 0.2) is 0 Å². The van der Waals surface area contributed by atoms with Gasteiger partial charge in [0.2, 0.25) is 0 Å². The quantitative estimate of drug-likeness (QED) is 0.915. The van der Waals surface area contributed by atoms with Crippen molar-refractivity contribution in [2.75, 3.05) is 0 Å². The lowest BCUT2D eigenvalue weighted by molar-refractivity contribution is 0.295. The van der Waals surface area contributed by atoms with Crippen molar-refractivity contribution in [2.24, 2.45) is 5.73 Å². The number of ether oxygens (including phenoxy) is 1. The molecule has 0 amide bonds. The number of hydrogen-bond donors (Lipinski definition) is 1. The summed E-state index contributed by atoms with van der Waals surface area (Å²) in [5.74, 6) is 0.410. The molecule has 0 aliphatic carbocycles. The van der Waals surface area contributed by atoms with Crippen LogP contribution in [0.2, 0.25) is 0 Å². The van der Waals surface area contributed by atoms with Crippen molar-refractivity contribution in [1.29, 1.82) is 0 Å². The second kappa shape index (κ2) is 6.17. The third-order valence-corrected chi connectivity index (χ3v) is 3.30. The van der Waals surface area contributed by atoms with Crippen LogP contribution in [0, 0.1) is 5.82 Å². The Morgan fingerprint density at radius 2 is 2.00 bits per heavy atom. The van der Waals surface area contributed by atoms with Gasteiger partial charge in [0, 0.05) is 21.6 Å². The predicted octanol–water partition coefficient (Wildman–Crippen LogP) is 4.19. The maximum Gasteiger partial charge on any atom is 0.130 e. The second-order valence-corrected chi connectivity index (χ2v) is 5.27. The van der Waals surface area contributed by atoms with Crippen molar-refractivity contribution in [3.05, 3.63) is 63.9 Å². The molecule has 0 saturated heterocycles. The van der Waals surface area contributed by atoms with Crippen LogP contribution in [-0.4, -0.2) is 0 Å². The van der Waals surface area contributed by atoms with Crippen LogP contribution in [0.4, 0.5) is 4.39 Å². The van der Waals surface area contributed by atoms with E-state index in [1.54, 1.807) is 12.1 Å². The van der Waals surface area contributed by atoms with Gasteiger partial charge in [-0.05, 0) is 25.1 Å². The molecule has 0 aromatic heterocycles. The van der Waals surface area contributed by atoms with Crippen molar-refractivity contribution < 1.29 is 9.13 Å². The van der Waals surface area contributed by atoms with E-state index in [2.05, 4.69) is 15.9 Å². The standard InChI is InChI=1S/C15H15BrFNO/c1-10(18)13-4-2-3-5-15(13)19-9-11-6-7-12(16)8-14(11)17/h2-8,10H,9,18H2,1H3/t10-/m1/s1. The van der Waals surface area contributed by atoms with E-state index >= 15 is 0 Å². The fourth-order valence-corrected chi connectivity index (χ4v) is 2.12. The number of rotatable bonds is 4. The van der Waals surface area contributed by atoms with Crippen LogP contribution >= 0.6 is 15.9 Å². The van der Waals surface area contributed by atoms with Crippen molar-refractivity contribution in [3.8, 4) is 5.75 Å². The van der Waals surface area contributed by atoms with Crippen molar-refractivity contribution in [3.63, 3.8) is 0 Å². The predicted molar refractivity (Wildman–Crippen MR) is 77.5 cm³/mol. The van der Waals surface area contributed by atoms with Gasteiger partial charge in [-0.25, -0.2) is 4.39 Å².